The Morgan fingerprint density at radius 2 is 2.04 bits per heavy atom. The molecule has 0 aliphatic carbocycles. The first-order valence-corrected chi connectivity index (χ1v) is 7.44. The normalized spacial score (nSPS) is 10.4. The lowest BCUT2D eigenvalue weighted by molar-refractivity contribution is 0.102. The molecule has 0 aliphatic rings. The largest absolute Gasteiger partial charge is 0.492 e. The van der Waals surface area contributed by atoms with E-state index in [4.69, 9.17) is 0 Å². The second-order valence-electron chi connectivity index (χ2n) is 5.03. The van der Waals surface area contributed by atoms with Gasteiger partial charge in [0.05, 0.1) is 0 Å². The van der Waals surface area contributed by atoms with Crippen LogP contribution in [0, 0.1) is 0 Å². The van der Waals surface area contributed by atoms with E-state index in [1.807, 2.05) is 0 Å². The zero-order valence-electron chi connectivity index (χ0n) is 13.2. The summed E-state index contributed by atoms with van der Waals surface area (Å²) < 4.78 is 0. The van der Waals surface area contributed by atoms with Gasteiger partial charge in [-0.15, -0.1) is 5.10 Å². The molecule has 0 radical (unpaired) electrons. The molecular formula is C15H15N7O3. The standard InChI is InChI=1S/C15H15N7O3/c1-2-16-15-19-13(24)11(14(25)20-15)12(23)18-9-5-3-8(4-6-9)10-7-17-22-21-10/h3-7H,2H2,1H3,(H,18,23)(H,17,21,22)(H3,16,19,20,24,25). The van der Waals surface area contributed by atoms with Crippen molar-refractivity contribution in [3.63, 3.8) is 0 Å². The number of nitrogens with zero attached hydrogens (tertiary/aromatic N) is 3. The average molecular weight is 341 g/mol. The van der Waals surface area contributed by atoms with E-state index in [0.29, 0.717) is 17.9 Å². The van der Waals surface area contributed by atoms with Crippen LogP contribution in [0.15, 0.2) is 35.3 Å². The van der Waals surface area contributed by atoms with Crippen LogP contribution in [-0.4, -0.2) is 42.9 Å². The first-order chi connectivity index (χ1) is 12.1. The van der Waals surface area contributed by atoms with Crippen molar-refractivity contribution < 1.29 is 9.90 Å². The highest BCUT2D eigenvalue weighted by molar-refractivity contribution is 6.05. The zero-order valence-corrected chi connectivity index (χ0v) is 13.2. The fourth-order valence-electron chi connectivity index (χ4n) is 2.18. The van der Waals surface area contributed by atoms with E-state index >= 15 is 0 Å². The number of aromatic hydroxyl groups is 1. The topological polar surface area (TPSA) is 149 Å². The first-order valence-electron chi connectivity index (χ1n) is 7.44. The van der Waals surface area contributed by atoms with E-state index in [9.17, 15) is 14.7 Å². The molecule has 1 aromatic carbocycles. The minimum atomic E-state index is -0.761. The second kappa shape index (κ2) is 6.83. The lowest BCUT2D eigenvalue weighted by Crippen LogP contribution is -2.25. The monoisotopic (exact) mass is 341 g/mol. The molecule has 3 aromatic rings. The van der Waals surface area contributed by atoms with Crippen molar-refractivity contribution in [2.24, 2.45) is 0 Å². The van der Waals surface area contributed by atoms with E-state index in [2.05, 4.69) is 36.0 Å². The van der Waals surface area contributed by atoms with Crippen molar-refractivity contribution in [2.75, 3.05) is 17.2 Å². The van der Waals surface area contributed by atoms with Crippen molar-refractivity contribution in [3.8, 4) is 17.1 Å². The molecule has 2 aromatic heterocycles. The fraction of sp³-hybridized carbons (Fsp3) is 0.133. The van der Waals surface area contributed by atoms with Gasteiger partial charge in [-0.3, -0.25) is 19.7 Å². The summed E-state index contributed by atoms with van der Waals surface area (Å²) in [6.45, 7) is 2.31. The van der Waals surface area contributed by atoms with Gasteiger partial charge in [0.1, 0.15) is 5.69 Å². The number of hydrogen-bond donors (Lipinski definition) is 5. The third kappa shape index (κ3) is 3.47. The molecule has 5 N–H and O–H groups in total. The molecule has 0 saturated heterocycles. The van der Waals surface area contributed by atoms with Gasteiger partial charge in [-0.25, -0.2) is 0 Å². The Hall–Kier alpha value is -3.69. The Balaban J connectivity index is 1.79. The fourth-order valence-corrected chi connectivity index (χ4v) is 2.18. The predicted octanol–water partition coefficient (Wildman–Crippen LogP) is 0.945. The summed E-state index contributed by atoms with van der Waals surface area (Å²) in [5.74, 6) is -1.31. The van der Waals surface area contributed by atoms with Crippen LogP contribution in [0.1, 0.15) is 17.3 Å². The van der Waals surface area contributed by atoms with Crippen LogP contribution in [0.25, 0.3) is 11.3 Å². The maximum absolute atomic E-state index is 12.3. The van der Waals surface area contributed by atoms with Crippen molar-refractivity contribution in [3.05, 3.63) is 46.4 Å². The first kappa shape index (κ1) is 16.2. The molecule has 0 spiro atoms. The zero-order chi connectivity index (χ0) is 17.8. The number of benzene rings is 1. The molecule has 128 valence electrons. The van der Waals surface area contributed by atoms with Gasteiger partial charge in [0.2, 0.25) is 11.8 Å². The van der Waals surface area contributed by atoms with E-state index < -0.39 is 22.9 Å². The molecule has 0 atom stereocenters. The Morgan fingerprint density at radius 3 is 2.64 bits per heavy atom. The Labute approximate surface area is 141 Å². The molecule has 2 heterocycles. The average Bonchev–Trinajstić information content (AvgIpc) is 3.09. The van der Waals surface area contributed by atoms with E-state index in [0.717, 1.165) is 5.56 Å². The highest BCUT2D eigenvalue weighted by atomic mass is 16.3. The lowest BCUT2D eigenvalue weighted by atomic mass is 10.1. The van der Waals surface area contributed by atoms with Crippen LogP contribution >= 0.6 is 0 Å². The molecule has 25 heavy (non-hydrogen) atoms. The lowest BCUT2D eigenvalue weighted by Gasteiger charge is -2.08. The van der Waals surface area contributed by atoms with Crippen LogP contribution in [-0.2, 0) is 0 Å². The Bertz CT molecular complexity index is 933. The summed E-state index contributed by atoms with van der Waals surface area (Å²) in [5.41, 5.74) is 0.730. The van der Waals surface area contributed by atoms with Crippen molar-refractivity contribution in [1.82, 2.24) is 25.4 Å². The number of carbonyl (C=O) groups excluding carboxylic acids is 1. The van der Waals surface area contributed by atoms with Crippen molar-refractivity contribution in [2.45, 2.75) is 6.92 Å². The maximum atomic E-state index is 12.3. The smallest absolute Gasteiger partial charge is 0.269 e. The van der Waals surface area contributed by atoms with Crippen LogP contribution in [0.4, 0.5) is 11.6 Å². The SMILES string of the molecule is CCNc1nc(O)c(C(=O)Nc2ccc(-c3c[nH]nn3)cc2)c(=O)[nH]1. The molecule has 3 rings (SSSR count). The van der Waals surface area contributed by atoms with E-state index in [1.54, 1.807) is 37.4 Å². The number of H-pyrrole nitrogens is 2. The van der Waals surface area contributed by atoms with Crippen molar-refractivity contribution in [1.29, 1.82) is 0 Å². The van der Waals surface area contributed by atoms with Gasteiger partial charge in [0, 0.05) is 24.0 Å². The summed E-state index contributed by atoms with van der Waals surface area (Å²) in [5, 5.41) is 25.3. The third-order valence-electron chi connectivity index (χ3n) is 3.33. The van der Waals surface area contributed by atoms with Gasteiger partial charge >= 0.3 is 0 Å². The Morgan fingerprint density at radius 1 is 1.28 bits per heavy atom. The number of anilines is 2. The minimum absolute atomic E-state index is 0.0958. The summed E-state index contributed by atoms with van der Waals surface area (Å²) in [4.78, 5) is 30.4. The van der Waals surface area contributed by atoms with Gasteiger partial charge in [0.15, 0.2) is 5.56 Å². The van der Waals surface area contributed by atoms with Gasteiger partial charge in [-0.2, -0.15) is 4.98 Å². The van der Waals surface area contributed by atoms with E-state index in [-0.39, 0.29) is 5.95 Å². The number of hydrogen-bond acceptors (Lipinski definition) is 7. The van der Waals surface area contributed by atoms with Gasteiger partial charge < -0.3 is 15.7 Å². The molecule has 10 nitrogen and oxygen atoms in total. The van der Waals surface area contributed by atoms with E-state index in [1.165, 1.54) is 0 Å². The summed E-state index contributed by atoms with van der Waals surface area (Å²) >= 11 is 0. The summed E-state index contributed by atoms with van der Waals surface area (Å²) in [6.07, 6.45) is 1.64. The van der Waals surface area contributed by atoms with Gasteiger partial charge in [-0.1, -0.05) is 17.3 Å². The number of amides is 1. The molecule has 1 amide bonds. The predicted molar refractivity (Wildman–Crippen MR) is 90.5 cm³/mol. The summed E-state index contributed by atoms with van der Waals surface area (Å²) in [6, 6.07) is 6.77. The number of aromatic nitrogens is 5. The number of aromatic amines is 2. The molecule has 0 unspecified atom stereocenters. The summed E-state index contributed by atoms with van der Waals surface area (Å²) in [7, 11) is 0. The van der Waals surface area contributed by atoms with Crippen LogP contribution < -0.4 is 16.2 Å². The van der Waals surface area contributed by atoms with Gasteiger partial charge in [0.25, 0.3) is 11.5 Å². The van der Waals surface area contributed by atoms with Crippen LogP contribution in [0.3, 0.4) is 0 Å². The molecule has 0 saturated carbocycles. The second-order valence-corrected chi connectivity index (χ2v) is 5.03. The van der Waals surface area contributed by atoms with Crippen LogP contribution in [0.2, 0.25) is 0 Å². The highest BCUT2D eigenvalue weighted by Crippen LogP contribution is 2.19. The van der Waals surface area contributed by atoms with Crippen molar-refractivity contribution >= 4 is 17.5 Å². The minimum Gasteiger partial charge on any atom is -0.492 e. The Kier molecular flexibility index (Phi) is 4.42. The molecule has 0 fully saturated rings. The number of nitrogens with one attached hydrogen (secondary N) is 4. The quantitative estimate of drug-likeness (QED) is 0.464. The molecule has 10 heteroatoms. The van der Waals surface area contributed by atoms with Crippen LogP contribution in [0.5, 0.6) is 5.88 Å². The third-order valence-corrected chi connectivity index (χ3v) is 3.33. The van der Waals surface area contributed by atoms with Gasteiger partial charge in [-0.05, 0) is 19.1 Å². The molecule has 0 aliphatic heterocycles. The molecule has 0 bridgehead atoms. The number of rotatable bonds is 5. The maximum Gasteiger partial charge on any atom is 0.269 e. The highest BCUT2D eigenvalue weighted by Gasteiger charge is 2.19. The number of carbonyl (C=O) groups is 1. The molecular weight excluding hydrogens is 326 g/mol.